The first kappa shape index (κ1) is 12.6. The Morgan fingerprint density at radius 1 is 1.50 bits per heavy atom. The summed E-state index contributed by atoms with van der Waals surface area (Å²) in [6, 6.07) is 4.42. The molecule has 0 saturated carbocycles. The maximum Gasteiger partial charge on any atom is 0.259 e. The summed E-state index contributed by atoms with van der Waals surface area (Å²) in [5.41, 5.74) is -0.0859. The standard InChI is InChI=1S/C11H9BrFN3O2/c1-18-7-3-2-6(10(13)9(7)12)11(17)15-8-4-5-14-16-8/h2-5H,1H3,(H2,14,15,16,17). The van der Waals surface area contributed by atoms with Gasteiger partial charge in [-0.1, -0.05) is 0 Å². The summed E-state index contributed by atoms with van der Waals surface area (Å²) in [5.74, 6) is -0.525. The molecule has 5 nitrogen and oxygen atoms in total. The Labute approximate surface area is 110 Å². The molecule has 0 radical (unpaired) electrons. The Balaban J connectivity index is 2.28. The number of ether oxygens (including phenoxy) is 1. The average molecular weight is 314 g/mol. The largest absolute Gasteiger partial charge is 0.495 e. The molecule has 1 aromatic carbocycles. The van der Waals surface area contributed by atoms with Crippen molar-refractivity contribution in [1.82, 2.24) is 10.2 Å². The second kappa shape index (κ2) is 5.18. The molecule has 0 fully saturated rings. The van der Waals surface area contributed by atoms with E-state index in [4.69, 9.17) is 4.74 Å². The van der Waals surface area contributed by atoms with E-state index in [2.05, 4.69) is 31.4 Å². The molecule has 0 spiro atoms. The van der Waals surface area contributed by atoms with Crippen LogP contribution in [0, 0.1) is 5.82 Å². The van der Waals surface area contributed by atoms with Crippen molar-refractivity contribution in [2.24, 2.45) is 0 Å². The van der Waals surface area contributed by atoms with Crippen molar-refractivity contribution in [2.75, 3.05) is 12.4 Å². The summed E-state index contributed by atoms with van der Waals surface area (Å²) in [6.45, 7) is 0. The number of rotatable bonds is 3. The highest BCUT2D eigenvalue weighted by atomic mass is 79.9. The highest BCUT2D eigenvalue weighted by Crippen LogP contribution is 2.29. The number of methoxy groups -OCH3 is 1. The molecule has 1 amide bonds. The van der Waals surface area contributed by atoms with Gasteiger partial charge in [0.15, 0.2) is 5.82 Å². The number of amides is 1. The van der Waals surface area contributed by atoms with Crippen molar-refractivity contribution >= 4 is 27.7 Å². The van der Waals surface area contributed by atoms with Crippen LogP contribution in [0.25, 0.3) is 0 Å². The maximum atomic E-state index is 13.9. The van der Waals surface area contributed by atoms with Crippen LogP contribution >= 0.6 is 15.9 Å². The van der Waals surface area contributed by atoms with Crippen LogP contribution in [0.2, 0.25) is 0 Å². The fourth-order valence-corrected chi connectivity index (χ4v) is 1.89. The molecule has 2 N–H and O–H groups in total. The summed E-state index contributed by atoms with van der Waals surface area (Å²) in [7, 11) is 1.42. The van der Waals surface area contributed by atoms with Gasteiger partial charge in [-0.3, -0.25) is 9.89 Å². The monoisotopic (exact) mass is 313 g/mol. The molecule has 0 atom stereocenters. The number of halogens is 2. The van der Waals surface area contributed by atoms with E-state index in [1.165, 1.54) is 25.4 Å². The van der Waals surface area contributed by atoms with Gasteiger partial charge < -0.3 is 10.1 Å². The maximum absolute atomic E-state index is 13.9. The molecule has 1 aromatic heterocycles. The minimum atomic E-state index is -0.675. The van der Waals surface area contributed by atoms with E-state index in [0.717, 1.165) is 0 Å². The van der Waals surface area contributed by atoms with Crippen molar-refractivity contribution in [3.05, 3.63) is 40.2 Å². The third-order valence-electron chi connectivity index (χ3n) is 2.26. The lowest BCUT2D eigenvalue weighted by Crippen LogP contribution is -2.14. The van der Waals surface area contributed by atoms with Crippen LogP contribution in [-0.2, 0) is 0 Å². The Morgan fingerprint density at radius 2 is 2.28 bits per heavy atom. The zero-order valence-electron chi connectivity index (χ0n) is 9.33. The summed E-state index contributed by atoms with van der Waals surface area (Å²) in [5, 5.41) is 8.71. The Morgan fingerprint density at radius 3 is 2.89 bits per heavy atom. The first-order valence-electron chi connectivity index (χ1n) is 4.96. The van der Waals surface area contributed by atoms with Crippen molar-refractivity contribution in [1.29, 1.82) is 0 Å². The van der Waals surface area contributed by atoms with E-state index in [1.54, 1.807) is 6.07 Å². The fourth-order valence-electron chi connectivity index (χ4n) is 1.38. The van der Waals surface area contributed by atoms with Gasteiger partial charge in [-0.05, 0) is 28.1 Å². The molecule has 0 bridgehead atoms. The Kier molecular flexibility index (Phi) is 3.61. The molecular weight excluding hydrogens is 305 g/mol. The van der Waals surface area contributed by atoms with Gasteiger partial charge in [0, 0.05) is 6.07 Å². The Bertz CT molecular complexity index is 572. The highest BCUT2D eigenvalue weighted by Gasteiger charge is 2.17. The SMILES string of the molecule is COc1ccc(C(=O)Nc2ccn[nH]2)c(F)c1Br. The van der Waals surface area contributed by atoms with Gasteiger partial charge in [0.05, 0.1) is 23.3 Å². The van der Waals surface area contributed by atoms with E-state index >= 15 is 0 Å². The van der Waals surface area contributed by atoms with Crippen LogP contribution in [0.15, 0.2) is 28.9 Å². The lowest BCUT2D eigenvalue weighted by Gasteiger charge is -2.08. The average Bonchev–Trinajstić information content (AvgIpc) is 2.85. The summed E-state index contributed by atoms with van der Waals surface area (Å²) in [4.78, 5) is 11.8. The van der Waals surface area contributed by atoms with Gasteiger partial charge in [0.25, 0.3) is 5.91 Å². The molecule has 1 heterocycles. The molecule has 0 aliphatic heterocycles. The fraction of sp³-hybridized carbons (Fsp3) is 0.0909. The zero-order chi connectivity index (χ0) is 13.1. The third kappa shape index (κ3) is 2.35. The van der Waals surface area contributed by atoms with Crippen LogP contribution in [0.5, 0.6) is 5.75 Å². The summed E-state index contributed by atoms with van der Waals surface area (Å²) >= 11 is 3.04. The van der Waals surface area contributed by atoms with Gasteiger partial charge in [-0.25, -0.2) is 4.39 Å². The number of hydrogen-bond donors (Lipinski definition) is 2. The highest BCUT2D eigenvalue weighted by molar-refractivity contribution is 9.10. The molecule has 2 aromatic rings. The number of H-pyrrole nitrogens is 1. The van der Waals surface area contributed by atoms with Crippen molar-refractivity contribution in [2.45, 2.75) is 0 Å². The lowest BCUT2D eigenvalue weighted by molar-refractivity contribution is 0.102. The van der Waals surface area contributed by atoms with Gasteiger partial charge in [-0.15, -0.1) is 0 Å². The zero-order valence-corrected chi connectivity index (χ0v) is 10.9. The predicted octanol–water partition coefficient (Wildman–Crippen LogP) is 2.57. The van der Waals surface area contributed by atoms with Gasteiger partial charge in [0.2, 0.25) is 0 Å². The third-order valence-corrected chi connectivity index (χ3v) is 3.00. The van der Waals surface area contributed by atoms with Crippen LogP contribution < -0.4 is 10.1 Å². The van der Waals surface area contributed by atoms with Crippen molar-refractivity contribution < 1.29 is 13.9 Å². The molecular formula is C11H9BrFN3O2. The van der Waals surface area contributed by atoms with Crippen LogP contribution in [0.1, 0.15) is 10.4 Å². The number of nitrogens with one attached hydrogen (secondary N) is 2. The second-order valence-electron chi connectivity index (χ2n) is 3.37. The number of carbonyl (C=O) groups excluding carboxylic acids is 1. The van der Waals surface area contributed by atoms with Crippen molar-refractivity contribution in [3.8, 4) is 5.75 Å². The molecule has 2 rings (SSSR count). The normalized spacial score (nSPS) is 10.2. The number of aromatic nitrogens is 2. The number of benzene rings is 1. The molecule has 18 heavy (non-hydrogen) atoms. The molecule has 0 saturated heterocycles. The minimum absolute atomic E-state index is 0.0859. The van der Waals surface area contributed by atoms with E-state index < -0.39 is 11.7 Å². The first-order chi connectivity index (χ1) is 8.63. The van der Waals surface area contributed by atoms with E-state index in [9.17, 15) is 9.18 Å². The summed E-state index contributed by atoms with van der Waals surface area (Å²) < 4.78 is 19.0. The van der Waals surface area contributed by atoms with Crippen LogP contribution in [-0.4, -0.2) is 23.2 Å². The topological polar surface area (TPSA) is 67.0 Å². The smallest absolute Gasteiger partial charge is 0.259 e. The molecule has 0 aliphatic carbocycles. The van der Waals surface area contributed by atoms with Crippen molar-refractivity contribution in [3.63, 3.8) is 0 Å². The van der Waals surface area contributed by atoms with E-state index in [0.29, 0.717) is 11.6 Å². The molecule has 7 heteroatoms. The van der Waals surface area contributed by atoms with Gasteiger partial charge >= 0.3 is 0 Å². The van der Waals surface area contributed by atoms with Gasteiger partial charge in [-0.2, -0.15) is 5.10 Å². The first-order valence-corrected chi connectivity index (χ1v) is 5.75. The predicted molar refractivity (Wildman–Crippen MR) is 67.2 cm³/mol. The number of anilines is 1. The van der Waals surface area contributed by atoms with Crippen LogP contribution in [0.4, 0.5) is 10.2 Å². The number of nitrogens with zero attached hydrogens (tertiary/aromatic N) is 1. The minimum Gasteiger partial charge on any atom is -0.495 e. The lowest BCUT2D eigenvalue weighted by atomic mass is 10.2. The molecule has 0 aliphatic rings. The number of aromatic amines is 1. The quantitative estimate of drug-likeness (QED) is 0.915. The number of hydrogen-bond acceptors (Lipinski definition) is 3. The number of carbonyl (C=O) groups is 1. The summed E-state index contributed by atoms with van der Waals surface area (Å²) in [6.07, 6.45) is 1.48. The van der Waals surface area contributed by atoms with E-state index in [-0.39, 0.29) is 10.0 Å². The molecule has 0 unspecified atom stereocenters. The van der Waals surface area contributed by atoms with Crippen LogP contribution in [0.3, 0.4) is 0 Å². The second-order valence-corrected chi connectivity index (χ2v) is 4.16. The van der Waals surface area contributed by atoms with Gasteiger partial charge in [0.1, 0.15) is 11.6 Å². The van der Waals surface area contributed by atoms with E-state index in [1.807, 2.05) is 0 Å². The Hall–Kier alpha value is -1.89. The molecule has 94 valence electrons.